The van der Waals surface area contributed by atoms with Crippen molar-refractivity contribution >= 4 is 29.2 Å². The molecular weight excluding hydrogens is 336 g/mol. The van der Waals surface area contributed by atoms with Gasteiger partial charge < -0.3 is 19.0 Å². The van der Waals surface area contributed by atoms with E-state index in [1.165, 1.54) is 0 Å². The zero-order chi connectivity index (χ0) is 17.4. The molecule has 0 aliphatic carbocycles. The van der Waals surface area contributed by atoms with Crippen LogP contribution in [-0.4, -0.2) is 35.0 Å². The van der Waals surface area contributed by atoms with Gasteiger partial charge in [0.2, 0.25) is 0 Å². The van der Waals surface area contributed by atoms with E-state index in [9.17, 15) is 4.79 Å². The Balaban J connectivity index is 1.60. The monoisotopic (exact) mass is 354 g/mol. The van der Waals surface area contributed by atoms with Crippen LogP contribution in [0.2, 0.25) is 0 Å². The van der Waals surface area contributed by atoms with E-state index in [4.69, 9.17) is 21.4 Å². The summed E-state index contributed by atoms with van der Waals surface area (Å²) >= 11 is 5.00. The maximum absolute atomic E-state index is 13.0. The summed E-state index contributed by atoms with van der Waals surface area (Å²) in [6.07, 6.45) is -0.142. The SMILES string of the molecule is CC1CN(C(=O)c2ccc3[nH]c(=S)oc3c2)CC(c2ccccc2)O1. The highest BCUT2D eigenvalue weighted by atomic mass is 32.1. The molecule has 1 N–H and O–H groups in total. The first kappa shape index (κ1) is 16.1. The van der Waals surface area contributed by atoms with Crippen molar-refractivity contribution in [2.24, 2.45) is 0 Å². The molecule has 2 heterocycles. The van der Waals surface area contributed by atoms with Crippen LogP contribution in [-0.2, 0) is 4.74 Å². The number of nitrogens with one attached hydrogen (secondary N) is 1. The van der Waals surface area contributed by atoms with E-state index >= 15 is 0 Å². The smallest absolute Gasteiger partial charge is 0.266 e. The van der Waals surface area contributed by atoms with E-state index in [0.717, 1.165) is 11.1 Å². The number of hydrogen-bond donors (Lipinski definition) is 1. The molecule has 25 heavy (non-hydrogen) atoms. The molecule has 4 rings (SSSR count). The van der Waals surface area contributed by atoms with Crippen LogP contribution in [0.25, 0.3) is 11.1 Å². The largest absolute Gasteiger partial charge is 0.429 e. The number of rotatable bonds is 2. The fourth-order valence-electron chi connectivity index (χ4n) is 3.23. The maximum Gasteiger partial charge on any atom is 0.266 e. The minimum absolute atomic E-state index is 0.0252. The third-order valence-corrected chi connectivity index (χ3v) is 4.57. The number of aromatic nitrogens is 1. The van der Waals surface area contributed by atoms with Gasteiger partial charge in [0.1, 0.15) is 6.10 Å². The van der Waals surface area contributed by atoms with Crippen LogP contribution in [0.15, 0.2) is 52.9 Å². The molecule has 1 aromatic heterocycles. The lowest BCUT2D eigenvalue weighted by Gasteiger charge is -2.37. The molecule has 5 nitrogen and oxygen atoms in total. The van der Waals surface area contributed by atoms with Gasteiger partial charge in [-0.1, -0.05) is 30.3 Å². The summed E-state index contributed by atoms with van der Waals surface area (Å²) in [6, 6.07) is 15.4. The quantitative estimate of drug-likeness (QED) is 0.704. The number of oxazole rings is 1. The van der Waals surface area contributed by atoms with Gasteiger partial charge in [-0.05, 0) is 42.9 Å². The zero-order valence-corrected chi connectivity index (χ0v) is 14.6. The first-order valence-electron chi connectivity index (χ1n) is 8.23. The van der Waals surface area contributed by atoms with Crippen molar-refractivity contribution in [3.05, 3.63) is 64.5 Å². The number of hydrogen-bond acceptors (Lipinski definition) is 4. The van der Waals surface area contributed by atoms with Gasteiger partial charge in [0.25, 0.3) is 10.7 Å². The molecule has 2 atom stereocenters. The third kappa shape index (κ3) is 3.23. The number of aromatic amines is 1. The molecule has 1 aliphatic rings. The van der Waals surface area contributed by atoms with E-state index < -0.39 is 0 Å². The van der Waals surface area contributed by atoms with Gasteiger partial charge in [-0.15, -0.1) is 0 Å². The van der Waals surface area contributed by atoms with Crippen molar-refractivity contribution in [1.82, 2.24) is 9.88 Å². The lowest BCUT2D eigenvalue weighted by Crippen LogP contribution is -2.45. The number of carbonyl (C=O) groups is 1. The molecule has 6 heteroatoms. The summed E-state index contributed by atoms with van der Waals surface area (Å²) in [5.41, 5.74) is 3.06. The molecule has 1 aliphatic heterocycles. The Kier molecular flexibility index (Phi) is 4.15. The average molecular weight is 354 g/mol. The van der Waals surface area contributed by atoms with Crippen molar-refractivity contribution in [2.75, 3.05) is 13.1 Å². The van der Waals surface area contributed by atoms with Gasteiger partial charge in [-0.3, -0.25) is 4.79 Å². The zero-order valence-electron chi connectivity index (χ0n) is 13.8. The van der Waals surface area contributed by atoms with Crippen molar-refractivity contribution in [3.63, 3.8) is 0 Å². The molecule has 0 saturated carbocycles. The van der Waals surface area contributed by atoms with E-state index in [0.29, 0.717) is 29.1 Å². The fourth-order valence-corrected chi connectivity index (χ4v) is 3.43. The molecule has 2 aromatic carbocycles. The first-order chi connectivity index (χ1) is 12.1. The van der Waals surface area contributed by atoms with Gasteiger partial charge >= 0.3 is 0 Å². The predicted molar refractivity (Wildman–Crippen MR) is 97.0 cm³/mol. The van der Waals surface area contributed by atoms with Gasteiger partial charge in [-0.25, -0.2) is 0 Å². The lowest BCUT2D eigenvalue weighted by atomic mass is 10.1. The van der Waals surface area contributed by atoms with Gasteiger partial charge in [-0.2, -0.15) is 0 Å². The van der Waals surface area contributed by atoms with Crippen LogP contribution in [0.3, 0.4) is 0 Å². The second-order valence-corrected chi connectivity index (χ2v) is 6.65. The molecule has 1 fully saturated rings. The summed E-state index contributed by atoms with van der Waals surface area (Å²) < 4.78 is 11.5. The van der Waals surface area contributed by atoms with Crippen LogP contribution in [0, 0.1) is 4.84 Å². The molecule has 1 amide bonds. The number of amides is 1. The van der Waals surface area contributed by atoms with Crippen molar-refractivity contribution in [2.45, 2.75) is 19.1 Å². The van der Waals surface area contributed by atoms with Crippen LogP contribution in [0.5, 0.6) is 0 Å². The summed E-state index contributed by atoms with van der Waals surface area (Å²) in [7, 11) is 0. The summed E-state index contributed by atoms with van der Waals surface area (Å²) in [5, 5.41) is 0. The maximum atomic E-state index is 13.0. The van der Waals surface area contributed by atoms with Crippen molar-refractivity contribution in [1.29, 1.82) is 0 Å². The Hall–Kier alpha value is -2.44. The molecule has 128 valence electrons. The molecular formula is C19H18N2O3S. The second kappa shape index (κ2) is 6.46. The molecule has 3 aromatic rings. The Morgan fingerprint density at radius 3 is 2.80 bits per heavy atom. The molecule has 0 bridgehead atoms. The summed E-state index contributed by atoms with van der Waals surface area (Å²) in [5.74, 6) is -0.0275. The Morgan fingerprint density at radius 2 is 2.00 bits per heavy atom. The minimum atomic E-state index is -0.117. The van der Waals surface area contributed by atoms with Crippen molar-refractivity contribution < 1.29 is 13.9 Å². The van der Waals surface area contributed by atoms with E-state index in [1.54, 1.807) is 12.1 Å². The molecule has 0 radical (unpaired) electrons. The highest BCUT2D eigenvalue weighted by Crippen LogP contribution is 2.26. The number of fused-ring (bicyclic) bond motifs is 1. The van der Waals surface area contributed by atoms with Gasteiger partial charge in [0.15, 0.2) is 5.58 Å². The average Bonchev–Trinajstić information content (AvgIpc) is 3.00. The number of nitrogens with zero attached hydrogens (tertiary/aromatic N) is 1. The Morgan fingerprint density at radius 1 is 1.20 bits per heavy atom. The summed E-state index contributed by atoms with van der Waals surface area (Å²) in [6.45, 7) is 3.09. The van der Waals surface area contributed by atoms with Crippen molar-refractivity contribution in [3.8, 4) is 0 Å². The van der Waals surface area contributed by atoms with Crippen LogP contribution < -0.4 is 0 Å². The Labute approximate surface area is 150 Å². The van der Waals surface area contributed by atoms with Gasteiger partial charge in [0.05, 0.1) is 18.2 Å². The highest BCUT2D eigenvalue weighted by Gasteiger charge is 2.30. The van der Waals surface area contributed by atoms with E-state index in [2.05, 4.69) is 4.98 Å². The number of ether oxygens (including phenoxy) is 1. The topological polar surface area (TPSA) is 58.5 Å². The number of benzene rings is 2. The number of carbonyl (C=O) groups excluding carboxylic acids is 1. The first-order valence-corrected chi connectivity index (χ1v) is 8.63. The third-order valence-electron chi connectivity index (χ3n) is 4.39. The fraction of sp³-hybridized carbons (Fsp3) is 0.263. The van der Waals surface area contributed by atoms with Crippen LogP contribution >= 0.6 is 12.2 Å². The molecule has 2 unspecified atom stereocenters. The molecule has 1 saturated heterocycles. The van der Waals surface area contributed by atoms with Gasteiger partial charge in [0, 0.05) is 12.1 Å². The number of morpholine rings is 1. The summed E-state index contributed by atoms with van der Waals surface area (Å²) in [4.78, 5) is 18.1. The minimum Gasteiger partial charge on any atom is -0.429 e. The predicted octanol–water partition coefficient (Wildman–Crippen LogP) is 4.09. The second-order valence-electron chi connectivity index (χ2n) is 6.28. The standard InChI is InChI=1S/C19H18N2O3S/c1-12-10-21(11-17(23-12)13-5-3-2-4-6-13)18(22)14-7-8-15-16(9-14)24-19(25)20-15/h2-9,12,17H,10-11H2,1H3,(H,20,25). The van der Waals surface area contributed by atoms with Crippen LogP contribution in [0.4, 0.5) is 0 Å². The normalized spacial score (nSPS) is 20.8. The van der Waals surface area contributed by atoms with Crippen LogP contribution in [0.1, 0.15) is 28.9 Å². The molecule has 0 spiro atoms. The highest BCUT2D eigenvalue weighted by molar-refractivity contribution is 7.71. The lowest BCUT2D eigenvalue weighted by molar-refractivity contribution is -0.0691. The van der Waals surface area contributed by atoms with E-state index in [1.807, 2.05) is 48.2 Å². The Bertz CT molecular complexity index is 963. The van der Waals surface area contributed by atoms with E-state index in [-0.39, 0.29) is 18.1 Å². The number of H-pyrrole nitrogens is 1.